The zero-order valence-corrected chi connectivity index (χ0v) is 16.5. The molecule has 28 heavy (non-hydrogen) atoms. The fraction of sp³-hybridized carbons (Fsp3) is 0.421. The summed E-state index contributed by atoms with van der Waals surface area (Å²) in [6.07, 6.45) is 10.0. The number of aromatic nitrogens is 2. The van der Waals surface area contributed by atoms with Crippen molar-refractivity contribution in [1.82, 2.24) is 9.78 Å². The SMILES string of the molecule is CS(=O)(=O)c1ccc(-c2cc(C=CCO[N+](=O)[O-])nn2C2CCCCC2)cc1. The highest BCUT2D eigenvalue weighted by Gasteiger charge is 2.20. The Morgan fingerprint density at radius 3 is 2.54 bits per heavy atom. The molecule has 150 valence electrons. The highest BCUT2D eigenvalue weighted by atomic mass is 32.2. The zero-order chi connectivity index (χ0) is 20.1. The number of hydrogen-bond acceptors (Lipinski definition) is 6. The van der Waals surface area contributed by atoms with Crippen LogP contribution in [0.3, 0.4) is 0 Å². The van der Waals surface area contributed by atoms with E-state index in [0.29, 0.717) is 5.69 Å². The fourth-order valence-corrected chi connectivity index (χ4v) is 4.09. The molecule has 8 nitrogen and oxygen atoms in total. The van der Waals surface area contributed by atoms with Crippen LogP contribution >= 0.6 is 0 Å². The van der Waals surface area contributed by atoms with Crippen molar-refractivity contribution in [1.29, 1.82) is 0 Å². The number of hydrogen-bond donors (Lipinski definition) is 0. The number of sulfone groups is 1. The monoisotopic (exact) mass is 405 g/mol. The normalized spacial score (nSPS) is 15.8. The fourth-order valence-electron chi connectivity index (χ4n) is 3.46. The third kappa shape index (κ3) is 4.98. The molecule has 3 rings (SSSR count). The molecule has 0 saturated heterocycles. The number of rotatable bonds is 7. The molecule has 1 heterocycles. The average Bonchev–Trinajstić information content (AvgIpc) is 3.09. The second-order valence-electron chi connectivity index (χ2n) is 6.91. The lowest BCUT2D eigenvalue weighted by Crippen LogP contribution is -2.15. The van der Waals surface area contributed by atoms with Crippen molar-refractivity contribution >= 4 is 15.9 Å². The highest BCUT2D eigenvalue weighted by Crippen LogP contribution is 2.33. The van der Waals surface area contributed by atoms with Gasteiger partial charge in [0, 0.05) is 6.26 Å². The van der Waals surface area contributed by atoms with Crippen molar-refractivity contribution in [3.05, 3.63) is 52.2 Å². The van der Waals surface area contributed by atoms with E-state index < -0.39 is 14.9 Å². The minimum atomic E-state index is -3.25. The van der Waals surface area contributed by atoms with E-state index in [-0.39, 0.29) is 17.5 Å². The van der Waals surface area contributed by atoms with Crippen LogP contribution in [0.4, 0.5) is 0 Å². The Bertz CT molecular complexity index is 958. The largest absolute Gasteiger partial charge is 0.310 e. The van der Waals surface area contributed by atoms with E-state index in [9.17, 15) is 18.5 Å². The zero-order valence-electron chi connectivity index (χ0n) is 15.7. The highest BCUT2D eigenvalue weighted by molar-refractivity contribution is 7.90. The van der Waals surface area contributed by atoms with E-state index >= 15 is 0 Å². The van der Waals surface area contributed by atoms with Crippen LogP contribution in [0, 0.1) is 10.1 Å². The molecule has 1 aromatic carbocycles. The lowest BCUT2D eigenvalue weighted by atomic mass is 9.95. The van der Waals surface area contributed by atoms with E-state index in [2.05, 4.69) is 9.94 Å². The molecular formula is C19H23N3O5S. The molecular weight excluding hydrogens is 382 g/mol. The Kier molecular flexibility index (Phi) is 6.13. The molecule has 0 unspecified atom stereocenters. The smallest absolute Gasteiger partial charge is 0.294 e. The standard InChI is InChI=1S/C19H23N3O5S/c1-28(25,26)18-11-9-15(10-12-18)19-14-16(6-5-13-27-22(23)24)20-21(19)17-7-3-2-4-8-17/h5-6,9-12,14,17H,2-4,7-8,13H2,1H3. The van der Waals surface area contributed by atoms with E-state index in [1.807, 2.05) is 10.7 Å². The van der Waals surface area contributed by atoms with Crippen molar-refractivity contribution in [2.75, 3.05) is 12.9 Å². The van der Waals surface area contributed by atoms with Gasteiger partial charge in [-0.2, -0.15) is 5.10 Å². The van der Waals surface area contributed by atoms with Crippen LogP contribution in [-0.2, 0) is 14.7 Å². The van der Waals surface area contributed by atoms with Crippen molar-refractivity contribution < 1.29 is 18.3 Å². The van der Waals surface area contributed by atoms with Crippen molar-refractivity contribution in [2.45, 2.75) is 43.0 Å². The first-order valence-corrected chi connectivity index (χ1v) is 11.1. The van der Waals surface area contributed by atoms with Crippen LogP contribution in [-0.4, -0.2) is 36.1 Å². The Morgan fingerprint density at radius 1 is 1.25 bits per heavy atom. The van der Waals surface area contributed by atoms with Gasteiger partial charge in [-0.1, -0.05) is 37.5 Å². The van der Waals surface area contributed by atoms with E-state index in [1.54, 1.807) is 36.4 Å². The molecule has 9 heteroatoms. The van der Waals surface area contributed by atoms with E-state index in [4.69, 9.17) is 0 Å². The molecule has 1 fully saturated rings. The summed E-state index contributed by atoms with van der Waals surface area (Å²) in [5.41, 5.74) is 2.47. The summed E-state index contributed by atoms with van der Waals surface area (Å²) in [7, 11) is -3.25. The Labute approximate surface area is 163 Å². The van der Waals surface area contributed by atoms with Gasteiger partial charge in [-0.3, -0.25) is 4.68 Å². The first-order chi connectivity index (χ1) is 13.3. The van der Waals surface area contributed by atoms with E-state index in [1.165, 1.54) is 12.7 Å². The summed E-state index contributed by atoms with van der Waals surface area (Å²) >= 11 is 0. The summed E-state index contributed by atoms with van der Waals surface area (Å²) < 4.78 is 25.4. The van der Waals surface area contributed by atoms with Gasteiger partial charge >= 0.3 is 0 Å². The quantitative estimate of drug-likeness (QED) is 0.514. The molecule has 0 spiro atoms. The summed E-state index contributed by atoms with van der Waals surface area (Å²) in [5.74, 6) is 0. The second-order valence-corrected chi connectivity index (χ2v) is 8.92. The molecule has 1 aliphatic carbocycles. The summed E-state index contributed by atoms with van der Waals surface area (Å²) in [5, 5.41) is 14.1. The Balaban J connectivity index is 1.92. The summed E-state index contributed by atoms with van der Waals surface area (Å²) in [4.78, 5) is 14.8. The first-order valence-electron chi connectivity index (χ1n) is 9.18. The van der Waals surface area contributed by atoms with Gasteiger partial charge in [-0.25, -0.2) is 8.42 Å². The van der Waals surface area contributed by atoms with Crippen molar-refractivity contribution in [3.63, 3.8) is 0 Å². The Hall–Kier alpha value is -2.68. The lowest BCUT2D eigenvalue weighted by molar-refractivity contribution is -0.755. The molecule has 0 aliphatic heterocycles. The Morgan fingerprint density at radius 2 is 1.93 bits per heavy atom. The molecule has 0 bridgehead atoms. The third-order valence-electron chi connectivity index (χ3n) is 4.82. The predicted octanol–water partition coefficient (Wildman–Crippen LogP) is 3.68. The maximum atomic E-state index is 11.7. The van der Waals surface area contributed by atoms with E-state index in [0.717, 1.165) is 36.9 Å². The van der Waals surface area contributed by atoms with Gasteiger partial charge in [0.2, 0.25) is 0 Å². The minimum Gasteiger partial charge on any atom is -0.310 e. The minimum absolute atomic E-state index is 0.137. The van der Waals surface area contributed by atoms with Gasteiger partial charge in [0.05, 0.1) is 22.3 Å². The van der Waals surface area contributed by atoms with Gasteiger partial charge in [0.15, 0.2) is 9.84 Å². The molecule has 1 aliphatic rings. The molecule has 1 saturated carbocycles. The van der Waals surface area contributed by atoms with Crippen LogP contribution in [0.5, 0.6) is 0 Å². The van der Waals surface area contributed by atoms with Gasteiger partial charge < -0.3 is 4.84 Å². The maximum absolute atomic E-state index is 11.7. The number of nitrogens with zero attached hydrogens (tertiary/aromatic N) is 3. The molecule has 0 radical (unpaired) electrons. The maximum Gasteiger partial charge on any atom is 0.294 e. The van der Waals surface area contributed by atoms with Crippen LogP contribution in [0.2, 0.25) is 0 Å². The molecule has 0 atom stereocenters. The van der Waals surface area contributed by atoms with Gasteiger partial charge in [0.1, 0.15) is 6.61 Å². The lowest BCUT2D eigenvalue weighted by Gasteiger charge is -2.24. The summed E-state index contributed by atoms with van der Waals surface area (Å²) in [6.45, 7) is -0.137. The predicted molar refractivity (Wildman–Crippen MR) is 105 cm³/mol. The van der Waals surface area contributed by atoms with Crippen LogP contribution in [0.1, 0.15) is 43.8 Å². The van der Waals surface area contributed by atoms with Crippen LogP contribution in [0.25, 0.3) is 17.3 Å². The van der Waals surface area contributed by atoms with Crippen molar-refractivity contribution in [2.24, 2.45) is 0 Å². The summed E-state index contributed by atoms with van der Waals surface area (Å²) in [6, 6.07) is 8.97. The molecule has 0 amide bonds. The first kappa shape index (κ1) is 20.1. The number of benzene rings is 1. The van der Waals surface area contributed by atoms with Gasteiger partial charge in [-0.05, 0) is 42.7 Å². The third-order valence-corrected chi connectivity index (χ3v) is 5.95. The van der Waals surface area contributed by atoms with Gasteiger partial charge in [-0.15, -0.1) is 10.1 Å². The average molecular weight is 405 g/mol. The molecule has 0 N–H and O–H groups in total. The van der Waals surface area contributed by atoms with Crippen LogP contribution < -0.4 is 0 Å². The van der Waals surface area contributed by atoms with Crippen LogP contribution in [0.15, 0.2) is 41.3 Å². The molecule has 2 aromatic rings. The second kappa shape index (κ2) is 8.55. The molecule has 1 aromatic heterocycles. The van der Waals surface area contributed by atoms with Crippen molar-refractivity contribution in [3.8, 4) is 11.3 Å². The topological polar surface area (TPSA) is 104 Å². The van der Waals surface area contributed by atoms with Gasteiger partial charge in [0.25, 0.3) is 5.09 Å².